The molecular formula is C67H75N3O17. The number of rotatable bonds is 5. The molecule has 9 aliphatic heterocycles. The molecule has 5 aromatic carbocycles. The van der Waals surface area contributed by atoms with Crippen LogP contribution in [0.25, 0.3) is 0 Å². The average Bonchev–Trinajstić information content (AvgIpc) is 1.81. The Labute approximate surface area is 503 Å². The zero-order valence-corrected chi connectivity index (χ0v) is 48.8. The van der Waals surface area contributed by atoms with E-state index in [0.717, 1.165) is 98.1 Å². The van der Waals surface area contributed by atoms with Crippen LogP contribution in [0.4, 0.5) is 0 Å². The van der Waals surface area contributed by atoms with Gasteiger partial charge in [-0.25, -0.2) is 4.79 Å². The highest BCUT2D eigenvalue weighted by Gasteiger charge is 2.56. The van der Waals surface area contributed by atoms with Crippen molar-refractivity contribution in [3.05, 3.63) is 147 Å². The number of benzene rings is 5. The van der Waals surface area contributed by atoms with Crippen LogP contribution in [0.2, 0.25) is 0 Å². The molecule has 9 heterocycles. The molecule has 5 unspecified atom stereocenters. The maximum Gasteiger partial charge on any atom is 0.338 e. The lowest BCUT2D eigenvalue weighted by molar-refractivity contribution is -0.185. The third-order valence-electron chi connectivity index (χ3n) is 20.2. The van der Waals surface area contributed by atoms with Crippen molar-refractivity contribution in [3.8, 4) is 51.7 Å². The summed E-state index contributed by atoms with van der Waals surface area (Å²) in [5.74, 6) is 4.42. The fraction of sp³-hybridized carbons (Fsp3) is 0.478. The topological polar surface area (TPSA) is 262 Å². The van der Waals surface area contributed by atoms with Gasteiger partial charge in [-0.3, -0.25) is 14.7 Å². The van der Waals surface area contributed by atoms with Crippen molar-refractivity contribution >= 4 is 5.97 Å². The van der Waals surface area contributed by atoms with Crippen molar-refractivity contribution < 1.29 is 83.5 Å². The minimum atomic E-state index is -1.06. The Morgan fingerprint density at radius 2 is 1.10 bits per heavy atom. The predicted octanol–water partition coefficient (Wildman–Crippen LogP) is 6.90. The van der Waals surface area contributed by atoms with E-state index in [1.54, 1.807) is 30.3 Å². The number of esters is 1. The lowest BCUT2D eigenvalue weighted by Crippen LogP contribution is -2.55. The second-order valence-electron chi connectivity index (χ2n) is 25.2. The zero-order chi connectivity index (χ0) is 60.1. The number of unbranched alkanes of at least 4 members (excludes halogenated alkanes) is 1. The van der Waals surface area contributed by atoms with Gasteiger partial charge in [0.15, 0.2) is 52.3 Å². The molecular weight excluding hydrogens is 1120 g/mol. The van der Waals surface area contributed by atoms with Gasteiger partial charge in [0.2, 0.25) is 20.4 Å². The van der Waals surface area contributed by atoms with Gasteiger partial charge in [0.05, 0.1) is 30.0 Å². The molecule has 20 nitrogen and oxygen atoms in total. The number of fused-ring (bicyclic) bond motifs is 15. The van der Waals surface area contributed by atoms with Crippen molar-refractivity contribution in [2.24, 2.45) is 11.8 Å². The highest BCUT2D eigenvalue weighted by Crippen LogP contribution is 2.56. The number of ether oxygens (including phenoxy) is 8. The first-order valence-corrected chi connectivity index (χ1v) is 30.5. The molecule has 3 aliphatic carbocycles. The van der Waals surface area contributed by atoms with Crippen LogP contribution in [0.5, 0.6) is 51.7 Å². The molecule has 0 aromatic heterocycles. The number of hydrogen-bond donors (Lipinski definition) is 8. The summed E-state index contributed by atoms with van der Waals surface area (Å²) < 4.78 is 44.4. The highest BCUT2D eigenvalue weighted by atomic mass is 16.7. The minimum Gasteiger partial charge on any atom is -0.508 e. The number of likely N-dealkylation sites (N-methyl/N-ethyl adjacent to an activating group) is 2. The van der Waals surface area contributed by atoms with Gasteiger partial charge in [0.25, 0.3) is 0 Å². The van der Waals surface area contributed by atoms with Gasteiger partial charge in [0.1, 0.15) is 18.1 Å². The second kappa shape index (κ2) is 23.1. The third kappa shape index (κ3) is 10.4. The zero-order valence-electron chi connectivity index (χ0n) is 48.8. The minimum absolute atomic E-state index is 0.0228. The number of nitrogens with zero attached hydrogens (tertiary/aromatic N) is 3. The highest BCUT2D eigenvalue weighted by molar-refractivity contribution is 5.94. The van der Waals surface area contributed by atoms with Crippen LogP contribution in [0.1, 0.15) is 125 Å². The number of aryl methyl sites for hydroxylation is 2. The Balaban J connectivity index is 0.000000103. The third-order valence-corrected chi connectivity index (χ3v) is 20.2. The molecule has 8 N–H and O–H groups in total. The van der Waals surface area contributed by atoms with Gasteiger partial charge >= 0.3 is 5.97 Å². The Morgan fingerprint density at radius 1 is 0.563 bits per heavy atom. The Hall–Kier alpha value is -7.11. The first-order valence-electron chi connectivity index (χ1n) is 30.5. The van der Waals surface area contributed by atoms with Crippen LogP contribution < -0.4 is 28.4 Å². The summed E-state index contributed by atoms with van der Waals surface area (Å²) in [6.45, 7) is 5.55. The van der Waals surface area contributed by atoms with E-state index in [2.05, 4.69) is 41.8 Å². The summed E-state index contributed by atoms with van der Waals surface area (Å²) >= 11 is 0. The van der Waals surface area contributed by atoms with Crippen LogP contribution >= 0.6 is 0 Å². The molecule has 17 rings (SSSR count). The molecule has 460 valence electrons. The molecule has 12 aliphatic rings. The molecule has 15 atom stereocenters. The van der Waals surface area contributed by atoms with Crippen LogP contribution in [-0.4, -0.2) is 164 Å². The number of hydrogen-bond acceptors (Lipinski definition) is 20. The fourth-order valence-corrected chi connectivity index (χ4v) is 16.0. The number of carbonyl (C=O) groups excluding carboxylic acids is 1. The Morgan fingerprint density at radius 3 is 1.74 bits per heavy atom. The molecule has 1 saturated carbocycles. The molecule has 5 aromatic rings. The normalized spacial score (nSPS) is 32.0. The predicted molar refractivity (Wildman–Crippen MR) is 313 cm³/mol. The van der Waals surface area contributed by atoms with Gasteiger partial charge in [-0.15, -0.1) is 0 Å². The van der Waals surface area contributed by atoms with E-state index < -0.39 is 36.9 Å². The number of phenols is 3. The van der Waals surface area contributed by atoms with E-state index in [1.165, 1.54) is 22.8 Å². The van der Waals surface area contributed by atoms with E-state index in [-0.39, 0.29) is 79.7 Å². The lowest BCUT2D eigenvalue weighted by Gasteiger charge is -2.49. The molecule has 0 bridgehead atoms. The number of aliphatic hydroxyl groups excluding tert-OH is 5. The standard InChI is InChI=1S/C18H19NO4.C17H19NO5.C16H19NO5.C16H18O3/c1-9-5-10-3-4-19(2)16(10)15-11-6-13-14(22-8-21-13)7-12(11)18(20)23-17(9)15;1-18-3-2-8-4-11(19)16-14(15(8)18)9-5-12-13(22-7-21-12)6-10(9)17(20)23-16;18-10-3-7-1-2-17-14(7)13(15(10)19)8-4-11-12(22-6-21-11)5-9(8)16(17)20;17-14-8-5-12(6-9-14)3-1-2-4-13-7-10-15(18)16(19)11-13/h5-7,9,15-17H,3-4,8H2,1-2H3;4-6,11,14-17,19-20H,2-3,7H2,1H3;4-5,7,10,13-16,18-20H,1-3,6H2;5-11,17-19H,1-4H2/t9-,15-,16+,17+;11-,14-,15+,16+,17-;7?,10?,13-,14?,15?,16?;/m110./s1. The van der Waals surface area contributed by atoms with Crippen LogP contribution in [0.15, 0.2) is 102 Å². The van der Waals surface area contributed by atoms with Crippen LogP contribution in [0, 0.1) is 11.8 Å². The van der Waals surface area contributed by atoms with E-state index in [1.807, 2.05) is 48.5 Å². The molecule has 20 heteroatoms. The average molecular weight is 1190 g/mol. The van der Waals surface area contributed by atoms with Crippen molar-refractivity contribution in [2.75, 3.05) is 54.1 Å². The molecule has 0 amide bonds. The van der Waals surface area contributed by atoms with Crippen molar-refractivity contribution in [3.63, 3.8) is 0 Å². The van der Waals surface area contributed by atoms with Gasteiger partial charge < -0.3 is 78.7 Å². The summed E-state index contributed by atoms with van der Waals surface area (Å²) in [6.07, 6.45) is 7.22. The lowest BCUT2D eigenvalue weighted by atomic mass is 9.68. The van der Waals surface area contributed by atoms with Gasteiger partial charge in [-0.2, -0.15) is 0 Å². The number of aliphatic hydroxyl groups is 5. The fourth-order valence-electron chi connectivity index (χ4n) is 16.0. The smallest absolute Gasteiger partial charge is 0.338 e. The monoisotopic (exact) mass is 1190 g/mol. The number of aromatic hydroxyl groups is 3. The summed E-state index contributed by atoms with van der Waals surface area (Å²) in [4.78, 5) is 19.2. The molecule has 0 spiro atoms. The van der Waals surface area contributed by atoms with E-state index >= 15 is 0 Å². The molecule has 4 fully saturated rings. The van der Waals surface area contributed by atoms with Crippen molar-refractivity contribution in [1.29, 1.82) is 0 Å². The number of likely N-dealkylation sites (tertiary alicyclic amines) is 2. The van der Waals surface area contributed by atoms with E-state index in [0.29, 0.717) is 64.0 Å². The maximum atomic E-state index is 12.5. The molecule has 87 heavy (non-hydrogen) atoms. The SMILES string of the molecule is CN1CCC2=C[C@@H](O)[C@@H]3O[C@@H](O)c4cc5c(cc4[C@@H]3[C@H]21)OCO5.C[C@@H]1C=C2CCN(C)[C@@H]2[C@H]2c3cc4c(cc3C(=O)O[C@H]21)OCO4.OC1CC2CCN3C(O)c4cc5c(cc4[C@H](C1O)C23)OCO5.Oc1ccc(CCCCc2ccc(O)c(O)c2)cc1. The van der Waals surface area contributed by atoms with Crippen LogP contribution in [0.3, 0.4) is 0 Å². The van der Waals surface area contributed by atoms with E-state index in [4.69, 9.17) is 37.9 Å². The Bertz CT molecular complexity index is 3520. The second-order valence-corrected chi connectivity index (χ2v) is 25.2. The summed E-state index contributed by atoms with van der Waals surface area (Å²) in [5, 5.41) is 80.2. The van der Waals surface area contributed by atoms with Crippen LogP contribution in [-0.2, 0) is 22.3 Å². The van der Waals surface area contributed by atoms with E-state index in [9.17, 15) is 45.6 Å². The van der Waals surface area contributed by atoms with Gasteiger partial charge in [-0.1, -0.05) is 48.4 Å². The molecule has 0 radical (unpaired) electrons. The largest absolute Gasteiger partial charge is 0.508 e. The summed E-state index contributed by atoms with van der Waals surface area (Å²) in [5.41, 5.74) is 10.00. The quantitative estimate of drug-likeness (QED) is 0.0385. The Kier molecular flexibility index (Phi) is 15.3. The summed E-state index contributed by atoms with van der Waals surface area (Å²) in [6, 6.07) is 24.0. The van der Waals surface area contributed by atoms with Gasteiger partial charge in [0, 0.05) is 72.6 Å². The van der Waals surface area contributed by atoms with Gasteiger partial charge in [-0.05, 0) is 160 Å². The maximum absolute atomic E-state index is 12.5. The first kappa shape index (κ1) is 57.6. The van der Waals surface area contributed by atoms with Crippen molar-refractivity contribution in [1.82, 2.24) is 14.7 Å². The number of phenolic OH excluding ortho intramolecular Hbond substituents is 3. The number of carbonyl (C=O) groups is 1. The van der Waals surface area contributed by atoms with Crippen molar-refractivity contribution in [2.45, 2.75) is 137 Å². The summed E-state index contributed by atoms with van der Waals surface area (Å²) in [7, 11) is 4.25. The first-order chi connectivity index (χ1) is 42.1. The molecule has 3 saturated heterocycles.